The van der Waals surface area contributed by atoms with Crippen LogP contribution in [0.4, 0.5) is 5.82 Å². The van der Waals surface area contributed by atoms with Crippen LogP contribution in [0.25, 0.3) is 0 Å². The minimum atomic E-state index is -0.382. The first-order valence-corrected chi connectivity index (χ1v) is 10.3. The fourth-order valence-corrected chi connectivity index (χ4v) is 4.46. The maximum atomic E-state index is 13.1. The summed E-state index contributed by atoms with van der Waals surface area (Å²) in [5.74, 6) is 0.295. The number of hydrogen-bond donors (Lipinski definition) is 2. The maximum Gasteiger partial charge on any atom is 0.257 e. The number of allylic oxidation sites excluding steroid dienone is 2. The SMILES string of the molecule is CSc1nc2c(c(=O)[nH]1)[C@H](c1ccc(C)cc1)C1=C(CC(C)(C)CC1=O)N2. The lowest BCUT2D eigenvalue weighted by Gasteiger charge is -2.38. The summed E-state index contributed by atoms with van der Waals surface area (Å²) in [6.07, 6.45) is 3.13. The molecular weight excluding hydrogens is 358 g/mol. The number of thioether (sulfide) groups is 1. The highest BCUT2D eigenvalue weighted by Gasteiger charge is 2.42. The minimum absolute atomic E-state index is 0.109. The number of rotatable bonds is 2. The third kappa shape index (κ3) is 3.12. The Hall–Kier alpha value is -2.34. The Bertz CT molecular complexity index is 1020. The molecule has 2 heterocycles. The van der Waals surface area contributed by atoms with Crippen LogP contribution < -0.4 is 10.9 Å². The summed E-state index contributed by atoms with van der Waals surface area (Å²) >= 11 is 1.39. The van der Waals surface area contributed by atoms with E-state index in [4.69, 9.17) is 0 Å². The molecule has 0 saturated carbocycles. The van der Waals surface area contributed by atoms with Crippen molar-refractivity contribution in [3.63, 3.8) is 0 Å². The molecule has 2 aliphatic rings. The molecule has 0 saturated heterocycles. The Morgan fingerprint density at radius 1 is 1.15 bits per heavy atom. The smallest absolute Gasteiger partial charge is 0.257 e. The van der Waals surface area contributed by atoms with E-state index in [2.05, 4.69) is 29.1 Å². The number of nitrogens with one attached hydrogen (secondary N) is 2. The highest BCUT2D eigenvalue weighted by atomic mass is 32.2. The molecule has 1 atom stereocenters. The number of aryl methyl sites for hydroxylation is 1. The normalized spacial score (nSPS) is 20.7. The molecule has 0 fully saturated rings. The van der Waals surface area contributed by atoms with Crippen LogP contribution in [0.2, 0.25) is 0 Å². The van der Waals surface area contributed by atoms with E-state index >= 15 is 0 Å². The van der Waals surface area contributed by atoms with E-state index in [9.17, 15) is 9.59 Å². The number of ketones is 1. The molecule has 0 radical (unpaired) electrons. The van der Waals surface area contributed by atoms with E-state index in [0.717, 1.165) is 28.8 Å². The molecule has 1 aliphatic carbocycles. The van der Waals surface area contributed by atoms with Gasteiger partial charge in [0.2, 0.25) is 0 Å². The molecule has 0 amide bonds. The number of carbonyl (C=O) groups excluding carboxylic acids is 1. The molecule has 1 aromatic heterocycles. The molecule has 1 aliphatic heterocycles. The van der Waals surface area contributed by atoms with Crippen LogP contribution >= 0.6 is 11.8 Å². The third-order valence-corrected chi connectivity index (χ3v) is 5.88. The van der Waals surface area contributed by atoms with Gasteiger partial charge in [0.25, 0.3) is 5.56 Å². The number of nitrogens with zero attached hydrogens (tertiary/aromatic N) is 1. The molecule has 0 unspecified atom stereocenters. The zero-order valence-electron chi connectivity index (χ0n) is 16.0. The number of carbonyl (C=O) groups is 1. The first-order valence-electron chi connectivity index (χ1n) is 9.07. The number of H-pyrrole nitrogens is 1. The summed E-state index contributed by atoms with van der Waals surface area (Å²) in [6.45, 7) is 6.23. The number of fused-ring (bicyclic) bond motifs is 1. The van der Waals surface area contributed by atoms with Crippen molar-refractivity contribution in [2.45, 2.75) is 44.7 Å². The van der Waals surface area contributed by atoms with Crippen LogP contribution in [0.3, 0.4) is 0 Å². The fraction of sp³-hybridized carbons (Fsp3) is 0.381. The molecule has 0 bridgehead atoms. The Morgan fingerprint density at radius 2 is 1.85 bits per heavy atom. The Kier molecular flexibility index (Phi) is 4.26. The van der Waals surface area contributed by atoms with Crippen molar-refractivity contribution in [3.8, 4) is 0 Å². The Morgan fingerprint density at radius 3 is 2.52 bits per heavy atom. The number of hydrogen-bond acceptors (Lipinski definition) is 5. The zero-order chi connectivity index (χ0) is 19.3. The standard InChI is InChI=1S/C21H23N3O2S/c1-11-5-7-12(8-6-11)15-16-13(9-21(2,3)10-14(16)25)22-18-17(15)19(26)24-20(23-18)27-4/h5-8,15H,9-10H2,1-4H3,(H2,22,23,24,26)/t15-/m1/s1. The topological polar surface area (TPSA) is 74.8 Å². The highest BCUT2D eigenvalue weighted by molar-refractivity contribution is 7.98. The summed E-state index contributed by atoms with van der Waals surface area (Å²) < 4.78 is 0. The second-order valence-corrected chi connectivity index (χ2v) is 8.93. The van der Waals surface area contributed by atoms with E-state index in [0.29, 0.717) is 23.0 Å². The molecule has 27 heavy (non-hydrogen) atoms. The molecule has 2 aromatic rings. The van der Waals surface area contributed by atoms with Crippen LogP contribution in [0.5, 0.6) is 0 Å². The predicted octanol–water partition coefficient (Wildman–Crippen LogP) is 4.00. The van der Waals surface area contributed by atoms with Crippen molar-refractivity contribution < 1.29 is 4.79 Å². The van der Waals surface area contributed by atoms with E-state index in [1.165, 1.54) is 11.8 Å². The van der Waals surface area contributed by atoms with Crippen molar-refractivity contribution in [2.24, 2.45) is 5.41 Å². The minimum Gasteiger partial charge on any atom is -0.343 e. The second-order valence-electron chi connectivity index (χ2n) is 8.14. The Labute approximate surface area is 162 Å². The molecule has 4 rings (SSSR count). The first kappa shape index (κ1) is 18.0. The number of aromatic amines is 1. The van der Waals surface area contributed by atoms with Crippen molar-refractivity contribution >= 4 is 23.4 Å². The fourth-order valence-electron chi connectivity index (χ4n) is 4.08. The largest absolute Gasteiger partial charge is 0.343 e. The van der Waals surface area contributed by atoms with Gasteiger partial charge in [0.15, 0.2) is 10.9 Å². The van der Waals surface area contributed by atoms with Crippen molar-refractivity contribution in [2.75, 3.05) is 11.6 Å². The quantitative estimate of drug-likeness (QED) is 0.607. The van der Waals surface area contributed by atoms with Gasteiger partial charge >= 0.3 is 0 Å². The molecule has 6 heteroatoms. The van der Waals surface area contributed by atoms with Gasteiger partial charge in [-0.05, 0) is 30.6 Å². The van der Waals surface area contributed by atoms with Crippen molar-refractivity contribution in [1.82, 2.24) is 9.97 Å². The van der Waals surface area contributed by atoms with Gasteiger partial charge in [-0.1, -0.05) is 55.4 Å². The van der Waals surface area contributed by atoms with Gasteiger partial charge in [-0.25, -0.2) is 4.98 Å². The lowest BCUT2D eigenvalue weighted by molar-refractivity contribution is -0.118. The summed E-state index contributed by atoms with van der Waals surface area (Å²) in [5, 5.41) is 3.89. The average Bonchev–Trinajstić information content (AvgIpc) is 2.59. The summed E-state index contributed by atoms with van der Waals surface area (Å²) in [7, 11) is 0. The van der Waals surface area contributed by atoms with Gasteiger partial charge in [-0.15, -0.1) is 0 Å². The Balaban J connectivity index is 1.97. The van der Waals surface area contributed by atoms with Gasteiger partial charge in [0, 0.05) is 23.6 Å². The highest BCUT2D eigenvalue weighted by Crippen LogP contribution is 2.47. The molecule has 140 valence electrons. The van der Waals surface area contributed by atoms with Gasteiger partial charge in [0.1, 0.15) is 5.82 Å². The number of aromatic nitrogens is 2. The van der Waals surface area contributed by atoms with Gasteiger partial charge in [-0.3, -0.25) is 9.59 Å². The predicted molar refractivity (Wildman–Crippen MR) is 108 cm³/mol. The van der Waals surface area contributed by atoms with Crippen LogP contribution in [-0.4, -0.2) is 22.0 Å². The molecule has 2 N–H and O–H groups in total. The average molecular weight is 382 g/mol. The van der Waals surface area contributed by atoms with E-state index < -0.39 is 0 Å². The van der Waals surface area contributed by atoms with E-state index in [-0.39, 0.29) is 22.7 Å². The van der Waals surface area contributed by atoms with Gasteiger partial charge < -0.3 is 10.3 Å². The van der Waals surface area contributed by atoms with Crippen molar-refractivity contribution in [1.29, 1.82) is 0 Å². The van der Waals surface area contributed by atoms with E-state index in [1.54, 1.807) is 0 Å². The van der Waals surface area contributed by atoms with Crippen LogP contribution in [0.15, 0.2) is 45.5 Å². The lowest BCUT2D eigenvalue weighted by atomic mass is 9.69. The maximum absolute atomic E-state index is 13.1. The van der Waals surface area contributed by atoms with Crippen molar-refractivity contribution in [3.05, 3.63) is 62.6 Å². The second kappa shape index (κ2) is 6.37. The molecular formula is C21H23N3O2S. The van der Waals surface area contributed by atoms with Crippen LogP contribution in [0.1, 0.15) is 49.3 Å². The molecule has 5 nitrogen and oxygen atoms in total. The lowest BCUT2D eigenvalue weighted by Crippen LogP contribution is -2.37. The van der Waals surface area contributed by atoms with Gasteiger partial charge in [-0.2, -0.15) is 0 Å². The summed E-state index contributed by atoms with van der Waals surface area (Å²) in [6, 6.07) is 8.06. The first-order chi connectivity index (χ1) is 12.8. The molecule has 0 spiro atoms. The monoisotopic (exact) mass is 381 g/mol. The summed E-state index contributed by atoms with van der Waals surface area (Å²) in [5.41, 5.74) is 3.95. The van der Waals surface area contributed by atoms with Gasteiger partial charge in [0.05, 0.1) is 5.56 Å². The summed E-state index contributed by atoms with van der Waals surface area (Å²) in [4.78, 5) is 33.5. The number of benzene rings is 1. The van der Waals surface area contributed by atoms with Crippen LogP contribution in [0, 0.1) is 12.3 Å². The number of Topliss-reactive ketones (excluding diaryl/α,β-unsaturated/α-hetero) is 1. The van der Waals surface area contributed by atoms with Crippen LogP contribution in [-0.2, 0) is 4.79 Å². The number of anilines is 1. The molecule has 1 aromatic carbocycles. The third-order valence-electron chi connectivity index (χ3n) is 5.30. The van der Waals surface area contributed by atoms with E-state index in [1.807, 2.05) is 37.4 Å². The zero-order valence-corrected chi connectivity index (χ0v) is 16.8.